The van der Waals surface area contributed by atoms with Gasteiger partial charge in [-0.3, -0.25) is 4.79 Å². The van der Waals surface area contributed by atoms with E-state index in [1.54, 1.807) is 12.0 Å². The van der Waals surface area contributed by atoms with Gasteiger partial charge in [0.1, 0.15) is 5.75 Å². The van der Waals surface area contributed by atoms with Crippen molar-refractivity contribution in [3.05, 3.63) is 54.6 Å². The first-order valence-corrected chi connectivity index (χ1v) is 7.48. The fourth-order valence-electron chi connectivity index (χ4n) is 2.27. The second-order valence-electron chi connectivity index (χ2n) is 4.88. The molecule has 4 heteroatoms. The maximum atomic E-state index is 12.3. The van der Waals surface area contributed by atoms with Gasteiger partial charge < -0.3 is 15.0 Å². The lowest BCUT2D eigenvalue weighted by Gasteiger charge is -2.21. The van der Waals surface area contributed by atoms with E-state index in [4.69, 9.17) is 4.74 Å². The molecule has 2 aromatic rings. The van der Waals surface area contributed by atoms with E-state index >= 15 is 0 Å². The number of nitrogens with zero attached hydrogens (tertiary/aromatic N) is 1. The molecule has 0 aliphatic rings. The van der Waals surface area contributed by atoms with Crippen LogP contribution in [-0.4, -0.2) is 26.1 Å². The minimum Gasteiger partial charge on any atom is -0.497 e. The van der Waals surface area contributed by atoms with Gasteiger partial charge in [0.25, 0.3) is 0 Å². The molecular formula is C18H22N2O2. The molecule has 0 spiro atoms. The summed E-state index contributed by atoms with van der Waals surface area (Å²) >= 11 is 0. The molecule has 0 saturated carbocycles. The molecule has 22 heavy (non-hydrogen) atoms. The molecular weight excluding hydrogens is 276 g/mol. The Balaban J connectivity index is 1.86. The normalized spacial score (nSPS) is 10.1. The summed E-state index contributed by atoms with van der Waals surface area (Å²) in [5.74, 6) is 0.942. The smallest absolute Gasteiger partial charge is 0.228 e. The number of nitrogens with one attached hydrogen (secondary N) is 1. The van der Waals surface area contributed by atoms with Crippen LogP contribution in [0, 0.1) is 0 Å². The number of carbonyl (C=O) groups is 1. The van der Waals surface area contributed by atoms with Crippen LogP contribution in [0.15, 0.2) is 54.6 Å². The Morgan fingerprint density at radius 1 is 1.09 bits per heavy atom. The average Bonchev–Trinajstić information content (AvgIpc) is 2.57. The van der Waals surface area contributed by atoms with Crippen molar-refractivity contribution in [1.29, 1.82) is 0 Å². The van der Waals surface area contributed by atoms with Gasteiger partial charge in [0.15, 0.2) is 0 Å². The summed E-state index contributed by atoms with van der Waals surface area (Å²) < 4.78 is 5.12. The van der Waals surface area contributed by atoms with Crippen LogP contribution in [0.1, 0.15) is 13.3 Å². The maximum absolute atomic E-state index is 12.3. The first-order chi connectivity index (χ1) is 10.7. The number of hydrogen-bond acceptors (Lipinski definition) is 3. The number of amides is 1. The quantitative estimate of drug-likeness (QED) is 0.850. The van der Waals surface area contributed by atoms with E-state index in [0.29, 0.717) is 19.5 Å². The van der Waals surface area contributed by atoms with Gasteiger partial charge in [0, 0.05) is 30.9 Å². The van der Waals surface area contributed by atoms with Gasteiger partial charge in [-0.2, -0.15) is 0 Å². The van der Waals surface area contributed by atoms with E-state index in [-0.39, 0.29) is 5.91 Å². The molecule has 0 fully saturated rings. The molecule has 0 aromatic heterocycles. The van der Waals surface area contributed by atoms with Crippen LogP contribution < -0.4 is 15.0 Å². The Bertz CT molecular complexity index is 582. The summed E-state index contributed by atoms with van der Waals surface area (Å²) in [6.45, 7) is 3.27. The summed E-state index contributed by atoms with van der Waals surface area (Å²) in [5, 5.41) is 3.25. The zero-order valence-electron chi connectivity index (χ0n) is 13.1. The van der Waals surface area contributed by atoms with Gasteiger partial charge in [-0.1, -0.05) is 18.2 Å². The van der Waals surface area contributed by atoms with Crippen molar-refractivity contribution in [3.63, 3.8) is 0 Å². The average molecular weight is 298 g/mol. The summed E-state index contributed by atoms with van der Waals surface area (Å²) in [4.78, 5) is 14.1. The highest BCUT2D eigenvalue weighted by Gasteiger charge is 2.12. The molecule has 0 saturated heterocycles. The number of para-hydroxylation sites is 1. The topological polar surface area (TPSA) is 41.6 Å². The van der Waals surface area contributed by atoms with E-state index in [0.717, 1.165) is 17.1 Å². The van der Waals surface area contributed by atoms with Gasteiger partial charge in [-0.05, 0) is 43.3 Å². The first-order valence-electron chi connectivity index (χ1n) is 7.48. The Labute approximate surface area is 131 Å². The third-order valence-corrected chi connectivity index (χ3v) is 3.44. The number of hydrogen-bond donors (Lipinski definition) is 1. The predicted octanol–water partition coefficient (Wildman–Crippen LogP) is 3.55. The fraction of sp³-hybridized carbons (Fsp3) is 0.278. The van der Waals surface area contributed by atoms with Crippen molar-refractivity contribution >= 4 is 17.3 Å². The van der Waals surface area contributed by atoms with Crippen LogP contribution in [0.3, 0.4) is 0 Å². The minimum atomic E-state index is 0.120. The van der Waals surface area contributed by atoms with Crippen LogP contribution in [0.2, 0.25) is 0 Å². The van der Waals surface area contributed by atoms with Gasteiger partial charge in [-0.15, -0.1) is 0 Å². The van der Waals surface area contributed by atoms with Crippen LogP contribution in [0.4, 0.5) is 11.4 Å². The highest BCUT2D eigenvalue weighted by molar-refractivity contribution is 5.93. The van der Waals surface area contributed by atoms with Crippen molar-refractivity contribution in [2.45, 2.75) is 13.3 Å². The molecule has 2 aromatic carbocycles. The Hall–Kier alpha value is -2.49. The Morgan fingerprint density at radius 2 is 1.77 bits per heavy atom. The van der Waals surface area contributed by atoms with E-state index in [9.17, 15) is 4.79 Å². The van der Waals surface area contributed by atoms with Gasteiger partial charge in [0.05, 0.1) is 7.11 Å². The zero-order chi connectivity index (χ0) is 15.8. The molecule has 0 atom stereocenters. The van der Waals surface area contributed by atoms with Gasteiger partial charge in [0.2, 0.25) is 5.91 Å². The van der Waals surface area contributed by atoms with E-state index in [1.807, 2.05) is 61.5 Å². The molecule has 2 rings (SSSR count). The monoisotopic (exact) mass is 298 g/mol. The third-order valence-electron chi connectivity index (χ3n) is 3.44. The van der Waals surface area contributed by atoms with E-state index in [1.165, 1.54) is 0 Å². The molecule has 116 valence electrons. The fourth-order valence-corrected chi connectivity index (χ4v) is 2.27. The number of rotatable bonds is 7. The standard InChI is InChI=1S/C18H22N2O2/c1-3-20(16-7-5-4-6-8-16)18(21)13-14-19-15-9-11-17(22-2)12-10-15/h4-12,19H,3,13-14H2,1-2H3. The molecule has 0 bridgehead atoms. The summed E-state index contributed by atoms with van der Waals surface area (Å²) in [5.41, 5.74) is 1.93. The van der Waals surface area contributed by atoms with Crippen molar-refractivity contribution in [1.82, 2.24) is 0 Å². The maximum Gasteiger partial charge on any atom is 0.228 e. The van der Waals surface area contributed by atoms with Crippen molar-refractivity contribution in [2.75, 3.05) is 30.4 Å². The molecule has 4 nitrogen and oxygen atoms in total. The summed E-state index contributed by atoms with van der Waals surface area (Å²) in [6.07, 6.45) is 0.453. The van der Waals surface area contributed by atoms with Crippen LogP contribution in [-0.2, 0) is 4.79 Å². The minimum absolute atomic E-state index is 0.120. The summed E-state index contributed by atoms with van der Waals surface area (Å²) in [6, 6.07) is 17.4. The molecule has 0 heterocycles. The predicted molar refractivity (Wildman–Crippen MR) is 90.6 cm³/mol. The van der Waals surface area contributed by atoms with Crippen molar-refractivity contribution in [3.8, 4) is 5.75 Å². The second kappa shape index (κ2) is 8.08. The van der Waals surface area contributed by atoms with Crippen LogP contribution in [0.25, 0.3) is 0 Å². The van der Waals surface area contributed by atoms with E-state index < -0.39 is 0 Å². The Morgan fingerprint density at radius 3 is 2.36 bits per heavy atom. The molecule has 0 aliphatic carbocycles. The molecule has 1 amide bonds. The number of carbonyl (C=O) groups excluding carboxylic acids is 1. The number of methoxy groups -OCH3 is 1. The van der Waals surface area contributed by atoms with E-state index in [2.05, 4.69) is 5.32 Å². The number of anilines is 2. The van der Waals surface area contributed by atoms with Crippen molar-refractivity contribution < 1.29 is 9.53 Å². The van der Waals surface area contributed by atoms with Crippen LogP contribution >= 0.6 is 0 Å². The molecule has 0 aliphatic heterocycles. The highest BCUT2D eigenvalue weighted by atomic mass is 16.5. The SMILES string of the molecule is CCN(C(=O)CCNc1ccc(OC)cc1)c1ccccc1. The lowest BCUT2D eigenvalue weighted by molar-refractivity contribution is -0.118. The molecule has 0 radical (unpaired) electrons. The lowest BCUT2D eigenvalue weighted by Crippen LogP contribution is -2.31. The van der Waals surface area contributed by atoms with Crippen molar-refractivity contribution in [2.24, 2.45) is 0 Å². The highest BCUT2D eigenvalue weighted by Crippen LogP contribution is 2.16. The zero-order valence-corrected chi connectivity index (χ0v) is 13.1. The number of ether oxygens (including phenoxy) is 1. The van der Waals surface area contributed by atoms with Crippen LogP contribution in [0.5, 0.6) is 5.75 Å². The van der Waals surface area contributed by atoms with Gasteiger partial charge in [-0.25, -0.2) is 0 Å². The Kier molecular flexibility index (Phi) is 5.83. The molecule has 0 unspecified atom stereocenters. The number of benzene rings is 2. The second-order valence-corrected chi connectivity index (χ2v) is 4.88. The van der Waals surface area contributed by atoms with Gasteiger partial charge >= 0.3 is 0 Å². The third kappa shape index (κ3) is 4.25. The molecule has 1 N–H and O–H groups in total. The lowest BCUT2D eigenvalue weighted by atomic mass is 10.2. The largest absolute Gasteiger partial charge is 0.497 e. The summed E-state index contributed by atoms with van der Waals surface area (Å²) in [7, 11) is 1.64. The first kappa shape index (κ1) is 15.9.